The van der Waals surface area contributed by atoms with Crippen molar-refractivity contribution in [3.05, 3.63) is 104 Å². The van der Waals surface area contributed by atoms with Gasteiger partial charge in [0.2, 0.25) is 11.5 Å². The number of ether oxygens (including phenoxy) is 3. The van der Waals surface area contributed by atoms with Gasteiger partial charge in [-0.1, -0.05) is 87.8 Å². The summed E-state index contributed by atoms with van der Waals surface area (Å²) in [5.41, 5.74) is 7.30. The Bertz CT molecular complexity index is 2620. The number of primary amides is 1. The molecule has 6 aliphatic rings. The fourth-order valence-corrected chi connectivity index (χ4v) is 12.8. The number of amides is 1. The second kappa shape index (κ2) is 18.4. The standard InChI is InChI=1S/C38H46O9.C20H29NO/c1-21(2)11-10-18-36(8)19-17-24-29(39)28-30(40)26-12-9-13-27-35(6,7)47-37(34(43)44,20-16-23(5)33(41)42)38(26,27)46-32(28)25(31(24)45-36)15-14-22(3)4;1-13(2)14-6-8-16-15(12-14)7-9-17-19(16,3)10-5-11-20(17,4)18(21)22/h11-12,14,16-17,19,27,39H,9-10,13,15,18,20H2,1-8H3,(H,41,42)(H,43,44);6,8,12-13,17H,5,7,9-11H2,1-4H3,(H2,21,22). The number of nitrogens with two attached hydrogens (primary N) is 1. The third-order valence-corrected chi connectivity index (χ3v) is 16.6. The number of Topliss-reactive ketones (excluding diaryl/α,β-unsaturated/α-hetero) is 1. The molecular weight excluding hydrogens is 871 g/mol. The first kappa shape index (κ1) is 51.4. The van der Waals surface area contributed by atoms with E-state index in [1.807, 2.05) is 46.8 Å². The number of benzene rings is 2. The number of aliphatic carboxylic acids is 2. The summed E-state index contributed by atoms with van der Waals surface area (Å²) in [5.74, 6) is -2.69. The van der Waals surface area contributed by atoms with Gasteiger partial charge in [-0.15, -0.1) is 0 Å². The quantitative estimate of drug-likeness (QED) is 0.125. The van der Waals surface area contributed by atoms with Gasteiger partial charge in [0, 0.05) is 34.5 Å². The predicted molar refractivity (Wildman–Crippen MR) is 269 cm³/mol. The number of hydrogen-bond donors (Lipinski definition) is 4. The minimum absolute atomic E-state index is 0.0407. The molecule has 2 aromatic rings. The number of carboxylic acid groups (broad SMARTS) is 2. The summed E-state index contributed by atoms with van der Waals surface area (Å²) in [5, 5.41) is 32.4. The second-order valence-electron chi connectivity index (χ2n) is 22.7. The van der Waals surface area contributed by atoms with Gasteiger partial charge in [0.25, 0.3) is 0 Å². The van der Waals surface area contributed by atoms with Crippen molar-refractivity contribution < 1.29 is 48.7 Å². The number of carbonyl (C=O) groups excluding carboxylic acids is 2. The van der Waals surface area contributed by atoms with Crippen molar-refractivity contribution in [1.82, 2.24) is 0 Å². The van der Waals surface area contributed by atoms with E-state index in [-0.39, 0.29) is 51.4 Å². The zero-order valence-electron chi connectivity index (χ0n) is 43.0. The lowest BCUT2D eigenvalue weighted by molar-refractivity contribution is -0.184. The largest absolute Gasteiger partial charge is 0.506 e. The number of phenolic OH excluding ortho intramolecular Hbond substituents is 1. The van der Waals surface area contributed by atoms with Crippen LogP contribution in [0.5, 0.6) is 17.2 Å². The maximum absolute atomic E-state index is 14.7. The van der Waals surface area contributed by atoms with Crippen LogP contribution in [-0.2, 0) is 37.4 Å². The van der Waals surface area contributed by atoms with Crippen molar-refractivity contribution in [1.29, 1.82) is 0 Å². The summed E-state index contributed by atoms with van der Waals surface area (Å²) in [6.07, 6.45) is 18.5. The van der Waals surface area contributed by atoms with Crippen LogP contribution < -0.4 is 15.2 Å². The van der Waals surface area contributed by atoms with Crippen LogP contribution in [0.25, 0.3) is 6.08 Å². The molecule has 372 valence electrons. The highest BCUT2D eigenvalue weighted by Crippen LogP contribution is 2.65. The number of fused-ring (bicyclic) bond motifs is 5. The van der Waals surface area contributed by atoms with E-state index in [4.69, 9.17) is 19.9 Å². The molecule has 3 aliphatic carbocycles. The Morgan fingerprint density at radius 3 is 2.22 bits per heavy atom. The van der Waals surface area contributed by atoms with Gasteiger partial charge < -0.3 is 35.3 Å². The van der Waals surface area contributed by atoms with Crippen LogP contribution in [-0.4, -0.2) is 61.4 Å². The van der Waals surface area contributed by atoms with E-state index >= 15 is 0 Å². The first-order valence-electron chi connectivity index (χ1n) is 25.0. The van der Waals surface area contributed by atoms with Crippen LogP contribution in [0.15, 0.2) is 70.9 Å². The summed E-state index contributed by atoms with van der Waals surface area (Å²) < 4.78 is 20.2. The third-order valence-electron chi connectivity index (χ3n) is 16.6. The molecule has 2 fully saturated rings. The van der Waals surface area contributed by atoms with Crippen molar-refractivity contribution >= 4 is 29.7 Å². The Morgan fingerprint density at radius 1 is 0.899 bits per heavy atom. The van der Waals surface area contributed by atoms with Gasteiger partial charge in [-0.05, 0) is 159 Å². The molecule has 3 aliphatic heterocycles. The fraction of sp³-hybridized carbons (Fsp3) is 0.552. The van der Waals surface area contributed by atoms with Crippen LogP contribution in [0, 0.1) is 17.3 Å². The molecule has 2 aromatic carbocycles. The van der Waals surface area contributed by atoms with E-state index in [0.29, 0.717) is 54.4 Å². The number of carboxylic acids is 2. The van der Waals surface area contributed by atoms with Crippen LogP contribution in [0.4, 0.5) is 0 Å². The number of ketones is 1. The predicted octanol–water partition coefficient (Wildman–Crippen LogP) is 11.8. The smallest absolute Gasteiger partial charge is 0.340 e. The highest BCUT2D eigenvalue weighted by atomic mass is 16.6. The van der Waals surface area contributed by atoms with E-state index in [2.05, 4.69) is 52.0 Å². The molecular formula is C58H75NO10. The number of phenols is 1. The Morgan fingerprint density at radius 2 is 1.59 bits per heavy atom. The zero-order chi connectivity index (χ0) is 50.8. The summed E-state index contributed by atoms with van der Waals surface area (Å²) in [6.45, 7) is 23.9. The topological polar surface area (TPSA) is 183 Å². The number of hydrogen-bond acceptors (Lipinski definition) is 8. The molecule has 3 heterocycles. The SMILES string of the molecule is CC(C)=CCCC1(C)C=Cc2c(O)c3c(c(CC=C(C)C)c2O1)OC12C(=CCCC1C(C)(C)OC2(CC=C(C)C(=O)O)C(=O)O)C3=O.CC(C)c1ccc2c(c1)CCC1C(C)(C(N)=O)CCCC21C. The van der Waals surface area contributed by atoms with Crippen LogP contribution in [0.2, 0.25) is 0 Å². The zero-order valence-corrected chi connectivity index (χ0v) is 43.0. The molecule has 1 saturated carbocycles. The third kappa shape index (κ3) is 8.58. The first-order chi connectivity index (χ1) is 32.2. The normalized spacial score (nSPS) is 30.2. The highest BCUT2D eigenvalue weighted by Gasteiger charge is 2.77. The average molecular weight is 946 g/mol. The molecule has 69 heavy (non-hydrogen) atoms. The Hall–Kier alpha value is -5.42. The molecule has 1 saturated heterocycles. The molecule has 7 unspecified atom stereocenters. The summed E-state index contributed by atoms with van der Waals surface area (Å²) in [4.78, 5) is 52.2. The number of rotatable bonds is 11. The van der Waals surface area contributed by atoms with Gasteiger partial charge in [-0.2, -0.15) is 0 Å². The molecule has 7 atom stereocenters. The molecule has 11 heteroatoms. The van der Waals surface area contributed by atoms with E-state index in [1.54, 1.807) is 26.0 Å². The number of aryl methyl sites for hydroxylation is 1. The fourth-order valence-electron chi connectivity index (χ4n) is 12.8. The van der Waals surface area contributed by atoms with Gasteiger partial charge in [-0.3, -0.25) is 9.59 Å². The molecule has 1 spiro atoms. The van der Waals surface area contributed by atoms with Crippen molar-refractivity contribution in [3.63, 3.8) is 0 Å². The minimum atomic E-state index is -2.16. The summed E-state index contributed by atoms with van der Waals surface area (Å²) in [6, 6.07) is 7.02. The summed E-state index contributed by atoms with van der Waals surface area (Å²) >= 11 is 0. The summed E-state index contributed by atoms with van der Waals surface area (Å²) in [7, 11) is 0. The Balaban J connectivity index is 0.000000265. The Labute approximate surface area is 409 Å². The van der Waals surface area contributed by atoms with Crippen LogP contribution in [0.1, 0.15) is 185 Å². The maximum atomic E-state index is 14.7. The van der Waals surface area contributed by atoms with E-state index in [0.717, 1.165) is 37.7 Å². The van der Waals surface area contributed by atoms with Crippen molar-refractivity contribution in [3.8, 4) is 17.2 Å². The molecule has 11 nitrogen and oxygen atoms in total. The van der Waals surface area contributed by atoms with Crippen molar-refractivity contribution in [2.24, 2.45) is 23.0 Å². The molecule has 0 aromatic heterocycles. The monoisotopic (exact) mass is 946 g/mol. The molecule has 1 amide bonds. The van der Waals surface area contributed by atoms with Crippen LogP contribution >= 0.6 is 0 Å². The lowest BCUT2D eigenvalue weighted by atomic mass is 9.49. The van der Waals surface area contributed by atoms with Crippen molar-refractivity contribution in [2.75, 3.05) is 0 Å². The lowest BCUT2D eigenvalue weighted by Gasteiger charge is -2.54. The molecule has 5 N–H and O–H groups in total. The van der Waals surface area contributed by atoms with Crippen molar-refractivity contribution in [2.45, 2.75) is 187 Å². The van der Waals surface area contributed by atoms with Gasteiger partial charge in [0.1, 0.15) is 28.4 Å². The lowest BCUT2D eigenvalue weighted by Crippen LogP contribution is -2.66. The van der Waals surface area contributed by atoms with Crippen LogP contribution in [0.3, 0.4) is 0 Å². The number of allylic oxidation sites excluding steroid dienone is 5. The minimum Gasteiger partial charge on any atom is -0.506 e. The maximum Gasteiger partial charge on any atom is 0.340 e. The van der Waals surface area contributed by atoms with Gasteiger partial charge in [0.15, 0.2) is 11.4 Å². The Kier molecular flexibility index (Phi) is 13.7. The number of aromatic hydroxyl groups is 1. The number of carbonyl (C=O) groups is 4. The average Bonchev–Trinajstić information content (AvgIpc) is 3.47. The first-order valence-corrected chi connectivity index (χ1v) is 25.0. The van der Waals surface area contributed by atoms with E-state index < -0.39 is 46.0 Å². The molecule has 0 radical (unpaired) electrons. The van der Waals surface area contributed by atoms with Gasteiger partial charge in [-0.25, -0.2) is 9.59 Å². The van der Waals surface area contributed by atoms with E-state index in [9.17, 15) is 34.5 Å². The second-order valence-corrected chi connectivity index (χ2v) is 22.7. The highest BCUT2D eigenvalue weighted by molar-refractivity contribution is 6.17. The molecule has 0 bridgehead atoms. The van der Waals surface area contributed by atoms with Gasteiger partial charge in [0.05, 0.1) is 11.2 Å². The molecule has 8 rings (SSSR count). The van der Waals surface area contributed by atoms with Gasteiger partial charge >= 0.3 is 11.9 Å². The van der Waals surface area contributed by atoms with E-state index in [1.165, 1.54) is 41.7 Å².